The van der Waals surface area contributed by atoms with Gasteiger partial charge in [0, 0.05) is 13.2 Å². The largest absolute Gasteiger partial charge is 0.381 e. The first-order chi connectivity index (χ1) is 4.33. The van der Waals surface area contributed by atoms with Crippen molar-refractivity contribution in [3.05, 3.63) is 0 Å². The standard InChI is InChI=1S/C7H13NO.ClH/c1-9-4-2-5-6(3-4)7(5)8;/h4-7H,2-3,8H2,1H3;1H. The van der Waals surface area contributed by atoms with Crippen LogP contribution in [-0.2, 0) is 4.74 Å². The van der Waals surface area contributed by atoms with E-state index in [0.717, 1.165) is 11.8 Å². The molecule has 0 amide bonds. The van der Waals surface area contributed by atoms with E-state index in [4.69, 9.17) is 10.5 Å². The van der Waals surface area contributed by atoms with Crippen LogP contribution in [0.2, 0.25) is 0 Å². The predicted molar refractivity (Wildman–Crippen MR) is 42.2 cm³/mol. The van der Waals surface area contributed by atoms with Gasteiger partial charge in [-0.05, 0) is 24.7 Å². The molecular weight excluding hydrogens is 150 g/mol. The van der Waals surface area contributed by atoms with Gasteiger partial charge in [0.2, 0.25) is 0 Å². The number of hydrogen-bond donors (Lipinski definition) is 1. The van der Waals surface area contributed by atoms with E-state index in [9.17, 15) is 0 Å². The first kappa shape index (κ1) is 8.31. The van der Waals surface area contributed by atoms with Crippen molar-refractivity contribution in [2.24, 2.45) is 17.6 Å². The number of nitrogens with two attached hydrogens (primary N) is 1. The number of hydrogen-bond acceptors (Lipinski definition) is 2. The van der Waals surface area contributed by atoms with Crippen molar-refractivity contribution in [3.8, 4) is 0 Å². The van der Waals surface area contributed by atoms with Crippen LogP contribution in [0, 0.1) is 11.8 Å². The van der Waals surface area contributed by atoms with Gasteiger partial charge in [0.15, 0.2) is 0 Å². The molecule has 2 fully saturated rings. The van der Waals surface area contributed by atoms with E-state index in [1.807, 2.05) is 0 Å². The summed E-state index contributed by atoms with van der Waals surface area (Å²) in [6, 6.07) is 0.524. The van der Waals surface area contributed by atoms with Crippen LogP contribution in [0.15, 0.2) is 0 Å². The third kappa shape index (κ3) is 1.04. The summed E-state index contributed by atoms with van der Waals surface area (Å²) in [7, 11) is 1.79. The van der Waals surface area contributed by atoms with Crippen molar-refractivity contribution in [1.29, 1.82) is 0 Å². The van der Waals surface area contributed by atoms with Crippen molar-refractivity contribution in [3.63, 3.8) is 0 Å². The molecule has 10 heavy (non-hydrogen) atoms. The Hall–Kier alpha value is 0.210. The molecular formula is C7H14ClNO. The first-order valence-electron chi connectivity index (χ1n) is 3.61. The highest BCUT2D eigenvalue weighted by molar-refractivity contribution is 5.85. The van der Waals surface area contributed by atoms with Gasteiger partial charge in [0.05, 0.1) is 6.10 Å². The summed E-state index contributed by atoms with van der Waals surface area (Å²) in [5.74, 6) is 1.63. The fourth-order valence-electron chi connectivity index (χ4n) is 2.03. The topological polar surface area (TPSA) is 35.2 Å². The second-order valence-corrected chi connectivity index (χ2v) is 3.23. The van der Waals surface area contributed by atoms with Crippen molar-refractivity contribution in [1.82, 2.24) is 0 Å². The molecule has 2 N–H and O–H groups in total. The monoisotopic (exact) mass is 163 g/mol. The summed E-state index contributed by atoms with van der Waals surface area (Å²) in [5.41, 5.74) is 5.73. The molecule has 3 heteroatoms. The van der Waals surface area contributed by atoms with Gasteiger partial charge < -0.3 is 10.5 Å². The Morgan fingerprint density at radius 3 is 2.20 bits per heavy atom. The lowest BCUT2D eigenvalue weighted by molar-refractivity contribution is 0.0966. The maximum atomic E-state index is 5.73. The van der Waals surface area contributed by atoms with Gasteiger partial charge in [0.1, 0.15) is 0 Å². The maximum Gasteiger partial charge on any atom is 0.0578 e. The normalized spacial score (nSPS) is 49.8. The molecule has 0 aromatic heterocycles. The predicted octanol–water partition coefficient (Wildman–Crippen LogP) is 0.790. The molecule has 2 aliphatic carbocycles. The third-order valence-electron chi connectivity index (χ3n) is 2.80. The maximum absolute atomic E-state index is 5.73. The highest BCUT2D eigenvalue weighted by atomic mass is 35.5. The molecule has 0 radical (unpaired) electrons. The number of methoxy groups -OCH3 is 1. The van der Waals surface area contributed by atoms with Gasteiger partial charge in [-0.3, -0.25) is 0 Å². The molecule has 0 bridgehead atoms. The SMILES string of the molecule is COC1CC2C(N)C2C1.Cl. The van der Waals surface area contributed by atoms with E-state index in [-0.39, 0.29) is 12.4 Å². The van der Waals surface area contributed by atoms with Crippen molar-refractivity contribution in [2.45, 2.75) is 25.0 Å². The molecule has 0 aromatic rings. The van der Waals surface area contributed by atoms with Crippen LogP contribution in [-0.4, -0.2) is 19.3 Å². The summed E-state index contributed by atoms with van der Waals surface area (Å²) in [4.78, 5) is 0. The Morgan fingerprint density at radius 2 is 1.80 bits per heavy atom. The van der Waals surface area contributed by atoms with Gasteiger partial charge in [-0.1, -0.05) is 0 Å². The molecule has 2 aliphatic rings. The van der Waals surface area contributed by atoms with E-state index in [1.54, 1.807) is 7.11 Å². The van der Waals surface area contributed by atoms with E-state index in [0.29, 0.717) is 12.1 Å². The van der Waals surface area contributed by atoms with Crippen LogP contribution < -0.4 is 5.73 Å². The lowest BCUT2D eigenvalue weighted by Gasteiger charge is -2.09. The van der Waals surface area contributed by atoms with Crippen molar-refractivity contribution < 1.29 is 4.74 Å². The number of halogens is 1. The Balaban J connectivity index is 0.000000500. The lowest BCUT2D eigenvalue weighted by Crippen LogP contribution is -2.15. The molecule has 2 unspecified atom stereocenters. The van der Waals surface area contributed by atoms with Crippen molar-refractivity contribution >= 4 is 12.4 Å². The van der Waals surface area contributed by atoms with E-state index < -0.39 is 0 Å². The fourth-order valence-corrected chi connectivity index (χ4v) is 2.03. The number of ether oxygens (including phenoxy) is 1. The first-order valence-corrected chi connectivity index (χ1v) is 3.61. The average Bonchev–Trinajstić information content (AvgIpc) is 2.32. The number of fused-ring (bicyclic) bond motifs is 1. The van der Waals surface area contributed by atoms with Gasteiger partial charge in [-0.25, -0.2) is 0 Å². The fraction of sp³-hybridized carbons (Fsp3) is 1.00. The molecule has 0 heterocycles. The second-order valence-electron chi connectivity index (χ2n) is 3.23. The smallest absolute Gasteiger partial charge is 0.0578 e. The summed E-state index contributed by atoms with van der Waals surface area (Å²) < 4.78 is 5.20. The van der Waals surface area contributed by atoms with E-state index in [1.165, 1.54) is 12.8 Å². The molecule has 0 aliphatic heterocycles. The summed E-state index contributed by atoms with van der Waals surface area (Å²) in [5, 5.41) is 0. The highest BCUT2D eigenvalue weighted by Gasteiger charge is 2.53. The average molecular weight is 164 g/mol. The molecule has 0 spiro atoms. The summed E-state index contributed by atoms with van der Waals surface area (Å²) in [6.45, 7) is 0. The van der Waals surface area contributed by atoms with Crippen LogP contribution >= 0.6 is 12.4 Å². The molecule has 2 rings (SSSR count). The van der Waals surface area contributed by atoms with Crippen molar-refractivity contribution in [2.75, 3.05) is 7.11 Å². The van der Waals surface area contributed by atoms with Gasteiger partial charge in [0.25, 0.3) is 0 Å². The molecule has 2 atom stereocenters. The van der Waals surface area contributed by atoms with Gasteiger partial charge in [-0.15, -0.1) is 12.4 Å². The Morgan fingerprint density at radius 1 is 1.30 bits per heavy atom. The molecule has 60 valence electrons. The van der Waals surface area contributed by atoms with Crippen LogP contribution in [0.5, 0.6) is 0 Å². The molecule has 2 saturated carbocycles. The lowest BCUT2D eigenvalue weighted by atomic mass is 10.2. The molecule has 0 aromatic carbocycles. The zero-order valence-corrected chi connectivity index (χ0v) is 6.93. The minimum absolute atomic E-state index is 0. The van der Waals surface area contributed by atoms with Crippen LogP contribution in [0.25, 0.3) is 0 Å². The summed E-state index contributed by atoms with van der Waals surface area (Å²) >= 11 is 0. The minimum Gasteiger partial charge on any atom is -0.381 e. The Labute approximate surface area is 67.5 Å². The molecule has 2 nitrogen and oxygen atoms in total. The van der Waals surface area contributed by atoms with Crippen LogP contribution in [0.3, 0.4) is 0 Å². The van der Waals surface area contributed by atoms with E-state index >= 15 is 0 Å². The van der Waals surface area contributed by atoms with Gasteiger partial charge >= 0.3 is 0 Å². The summed E-state index contributed by atoms with van der Waals surface area (Å²) in [6.07, 6.45) is 2.95. The van der Waals surface area contributed by atoms with E-state index in [2.05, 4.69) is 0 Å². The second kappa shape index (κ2) is 2.68. The highest BCUT2D eigenvalue weighted by Crippen LogP contribution is 2.51. The minimum atomic E-state index is 0. The Kier molecular flexibility index (Phi) is 2.23. The van der Waals surface area contributed by atoms with Crippen LogP contribution in [0.4, 0.5) is 0 Å². The van der Waals surface area contributed by atoms with Gasteiger partial charge in [-0.2, -0.15) is 0 Å². The number of rotatable bonds is 1. The third-order valence-corrected chi connectivity index (χ3v) is 2.80. The quantitative estimate of drug-likeness (QED) is 0.621. The zero-order chi connectivity index (χ0) is 6.43. The van der Waals surface area contributed by atoms with Crippen LogP contribution in [0.1, 0.15) is 12.8 Å². The molecule has 0 saturated heterocycles. The Bertz CT molecular complexity index is 119. The zero-order valence-electron chi connectivity index (χ0n) is 6.12.